The highest BCUT2D eigenvalue weighted by atomic mass is 79.9. The maximum absolute atomic E-state index is 4.03. The van der Waals surface area contributed by atoms with E-state index in [1.165, 1.54) is 5.56 Å². The zero-order chi connectivity index (χ0) is 15.4. The minimum atomic E-state index is 0.656. The van der Waals surface area contributed by atoms with Gasteiger partial charge in [0.2, 0.25) is 0 Å². The zero-order valence-electron chi connectivity index (χ0n) is 11.9. The molecule has 0 saturated heterocycles. The van der Waals surface area contributed by atoms with Crippen molar-refractivity contribution in [2.24, 2.45) is 0 Å². The Labute approximate surface area is 136 Å². The highest BCUT2D eigenvalue weighted by molar-refractivity contribution is 9.10. The van der Waals surface area contributed by atoms with Gasteiger partial charge in [0, 0.05) is 22.4 Å². The maximum Gasteiger partial charge on any atom is 0.181 e. The number of para-hydroxylation sites is 1. The highest BCUT2D eigenvalue weighted by Gasteiger charge is 2.04. The summed E-state index contributed by atoms with van der Waals surface area (Å²) in [5.41, 5.74) is 3.14. The molecule has 0 atom stereocenters. The molecule has 6 heteroatoms. The first-order valence-corrected chi connectivity index (χ1v) is 7.56. The number of tetrazole rings is 1. The van der Waals surface area contributed by atoms with Crippen LogP contribution in [-0.2, 0) is 0 Å². The van der Waals surface area contributed by atoms with Crippen molar-refractivity contribution in [2.75, 3.05) is 5.32 Å². The molecule has 0 bridgehead atoms. The van der Waals surface area contributed by atoms with E-state index in [0.717, 1.165) is 15.8 Å². The molecule has 1 N–H and O–H groups in total. The molecule has 0 saturated carbocycles. The molecular weight excluding hydrogens is 342 g/mol. The number of nitrogens with one attached hydrogen (secondary N) is 1. The number of nitrogens with zero attached hydrogens (tertiary/aromatic N) is 4. The average Bonchev–Trinajstić information content (AvgIpc) is 2.98. The summed E-state index contributed by atoms with van der Waals surface area (Å²) in [5, 5.41) is 15.0. The van der Waals surface area contributed by atoms with Crippen molar-refractivity contribution in [2.45, 2.75) is 6.92 Å². The van der Waals surface area contributed by atoms with Crippen LogP contribution >= 0.6 is 15.9 Å². The fourth-order valence-electron chi connectivity index (χ4n) is 2.00. The summed E-state index contributed by atoms with van der Waals surface area (Å²) in [6.07, 6.45) is 3.68. The molecule has 2 aromatic carbocycles. The molecule has 110 valence electrons. The summed E-state index contributed by atoms with van der Waals surface area (Å²) in [6.45, 7) is 2.06. The second-order valence-corrected chi connectivity index (χ2v) is 5.63. The van der Waals surface area contributed by atoms with Gasteiger partial charge in [-0.3, -0.25) is 0 Å². The second-order valence-electron chi connectivity index (χ2n) is 4.72. The summed E-state index contributed by atoms with van der Waals surface area (Å²) in [5.74, 6) is 0.656. The number of hydrogen-bond donors (Lipinski definition) is 1. The van der Waals surface area contributed by atoms with Gasteiger partial charge in [-0.05, 0) is 53.2 Å². The van der Waals surface area contributed by atoms with E-state index in [2.05, 4.69) is 49.8 Å². The molecule has 1 aromatic heterocycles. The molecule has 0 amide bonds. The summed E-state index contributed by atoms with van der Waals surface area (Å²) in [7, 11) is 0. The van der Waals surface area contributed by atoms with Gasteiger partial charge >= 0.3 is 0 Å². The normalized spacial score (nSPS) is 11.0. The Morgan fingerprint density at radius 3 is 2.64 bits per heavy atom. The van der Waals surface area contributed by atoms with Gasteiger partial charge in [0.15, 0.2) is 5.82 Å². The third-order valence-electron chi connectivity index (χ3n) is 3.18. The number of halogens is 1. The van der Waals surface area contributed by atoms with Gasteiger partial charge in [-0.2, -0.15) is 4.68 Å². The fourth-order valence-corrected chi connectivity index (χ4v) is 2.27. The van der Waals surface area contributed by atoms with E-state index in [0.29, 0.717) is 5.82 Å². The predicted molar refractivity (Wildman–Crippen MR) is 90.7 cm³/mol. The highest BCUT2D eigenvalue weighted by Crippen LogP contribution is 2.15. The Morgan fingerprint density at radius 2 is 1.86 bits per heavy atom. The number of aryl methyl sites for hydroxylation is 1. The Morgan fingerprint density at radius 1 is 1.09 bits per heavy atom. The predicted octanol–water partition coefficient (Wildman–Crippen LogP) is 3.82. The SMILES string of the molecule is Cc1ccccc1N/C=C\c1nnnn1-c1ccc(Br)cc1. The van der Waals surface area contributed by atoms with E-state index < -0.39 is 0 Å². The topological polar surface area (TPSA) is 55.6 Å². The molecule has 5 nitrogen and oxygen atoms in total. The number of rotatable bonds is 4. The van der Waals surface area contributed by atoms with Gasteiger partial charge in [0.25, 0.3) is 0 Å². The van der Waals surface area contributed by atoms with Crippen molar-refractivity contribution >= 4 is 27.7 Å². The Kier molecular flexibility index (Phi) is 4.29. The minimum Gasteiger partial charge on any atom is -0.361 e. The van der Waals surface area contributed by atoms with E-state index in [1.54, 1.807) is 4.68 Å². The van der Waals surface area contributed by atoms with Crippen LogP contribution in [0.2, 0.25) is 0 Å². The van der Waals surface area contributed by atoms with Crippen LogP contribution in [0.3, 0.4) is 0 Å². The van der Waals surface area contributed by atoms with Gasteiger partial charge < -0.3 is 5.32 Å². The van der Waals surface area contributed by atoms with E-state index in [-0.39, 0.29) is 0 Å². The fraction of sp³-hybridized carbons (Fsp3) is 0.0625. The van der Waals surface area contributed by atoms with E-state index in [1.807, 2.05) is 54.7 Å². The molecule has 0 spiro atoms. The third-order valence-corrected chi connectivity index (χ3v) is 3.71. The number of hydrogen-bond acceptors (Lipinski definition) is 4. The van der Waals surface area contributed by atoms with Crippen LogP contribution in [0.5, 0.6) is 0 Å². The summed E-state index contributed by atoms with van der Waals surface area (Å²) >= 11 is 3.42. The van der Waals surface area contributed by atoms with Gasteiger partial charge in [0.1, 0.15) is 0 Å². The molecule has 3 rings (SSSR count). The van der Waals surface area contributed by atoms with E-state index in [4.69, 9.17) is 0 Å². The number of anilines is 1. The maximum atomic E-state index is 4.03. The molecule has 0 fully saturated rings. The largest absolute Gasteiger partial charge is 0.361 e. The number of aromatic nitrogens is 4. The van der Waals surface area contributed by atoms with Gasteiger partial charge in [-0.25, -0.2) is 0 Å². The molecule has 1 heterocycles. The molecule has 22 heavy (non-hydrogen) atoms. The Balaban J connectivity index is 1.79. The average molecular weight is 356 g/mol. The van der Waals surface area contributed by atoms with Crippen LogP contribution in [0.4, 0.5) is 5.69 Å². The molecule has 0 unspecified atom stereocenters. The van der Waals surface area contributed by atoms with Crippen molar-refractivity contribution in [1.29, 1.82) is 0 Å². The van der Waals surface area contributed by atoms with Crippen molar-refractivity contribution in [3.8, 4) is 5.69 Å². The van der Waals surface area contributed by atoms with Crippen LogP contribution in [-0.4, -0.2) is 20.2 Å². The minimum absolute atomic E-state index is 0.656. The van der Waals surface area contributed by atoms with Crippen molar-refractivity contribution in [1.82, 2.24) is 20.2 Å². The van der Waals surface area contributed by atoms with Gasteiger partial charge in [0.05, 0.1) is 5.69 Å². The monoisotopic (exact) mass is 355 g/mol. The van der Waals surface area contributed by atoms with E-state index in [9.17, 15) is 0 Å². The van der Waals surface area contributed by atoms with Crippen LogP contribution in [0.15, 0.2) is 59.2 Å². The van der Waals surface area contributed by atoms with Crippen molar-refractivity contribution in [3.63, 3.8) is 0 Å². The lowest BCUT2D eigenvalue weighted by Crippen LogP contribution is -1.99. The van der Waals surface area contributed by atoms with Crippen LogP contribution in [0, 0.1) is 6.92 Å². The smallest absolute Gasteiger partial charge is 0.181 e. The number of benzene rings is 2. The first kappa shape index (κ1) is 14.5. The lowest BCUT2D eigenvalue weighted by atomic mass is 10.2. The third kappa shape index (κ3) is 3.23. The molecule has 0 aliphatic heterocycles. The molecule has 0 radical (unpaired) electrons. The first-order chi connectivity index (χ1) is 10.7. The van der Waals surface area contributed by atoms with Crippen LogP contribution < -0.4 is 5.32 Å². The van der Waals surface area contributed by atoms with Gasteiger partial charge in [-0.15, -0.1) is 5.10 Å². The van der Waals surface area contributed by atoms with E-state index >= 15 is 0 Å². The second kappa shape index (κ2) is 6.53. The van der Waals surface area contributed by atoms with Crippen molar-refractivity contribution < 1.29 is 0 Å². The molecule has 3 aromatic rings. The molecule has 0 aliphatic carbocycles. The first-order valence-electron chi connectivity index (χ1n) is 6.77. The lowest BCUT2D eigenvalue weighted by Gasteiger charge is -2.04. The Bertz CT molecular complexity index is 792. The summed E-state index contributed by atoms with van der Waals surface area (Å²) in [6, 6.07) is 15.9. The summed E-state index contributed by atoms with van der Waals surface area (Å²) < 4.78 is 2.70. The van der Waals surface area contributed by atoms with Crippen molar-refractivity contribution in [3.05, 3.63) is 70.6 Å². The van der Waals surface area contributed by atoms with Gasteiger partial charge in [-0.1, -0.05) is 34.1 Å². The van der Waals surface area contributed by atoms with Crippen LogP contribution in [0.1, 0.15) is 11.4 Å². The van der Waals surface area contributed by atoms with Crippen LogP contribution in [0.25, 0.3) is 11.8 Å². The zero-order valence-corrected chi connectivity index (χ0v) is 13.5. The summed E-state index contributed by atoms with van der Waals surface area (Å²) in [4.78, 5) is 0. The standard InChI is InChI=1S/C16H14BrN5/c1-12-4-2-3-5-15(12)18-11-10-16-19-20-21-22(16)14-8-6-13(17)7-9-14/h2-11,18H,1H3/b11-10-. The lowest BCUT2D eigenvalue weighted by molar-refractivity contribution is 0.786. The molecular formula is C16H14BrN5. The molecule has 0 aliphatic rings. The quantitative estimate of drug-likeness (QED) is 0.772. The Hall–Kier alpha value is -2.47.